The first kappa shape index (κ1) is 9.71. The van der Waals surface area contributed by atoms with Crippen molar-refractivity contribution in [2.75, 3.05) is 13.7 Å². The summed E-state index contributed by atoms with van der Waals surface area (Å²) in [6, 6.07) is 1.94. The van der Waals surface area contributed by atoms with E-state index in [0.29, 0.717) is 13.2 Å². The third kappa shape index (κ3) is 1.56. The van der Waals surface area contributed by atoms with Crippen LogP contribution < -0.4 is 5.90 Å². The Morgan fingerprint density at radius 1 is 1.57 bits per heavy atom. The van der Waals surface area contributed by atoms with Crippen molar-refractivity contribution in [1.29, 1.82) is 0 Å². The van der Waals surface area contributed by atoms with Gasteiger partial charge in [0.2, 0.25) is 0 Å². The molecule has 4 heteroatoms. The van der Waals surface area contributed by atoms with Gasteiger partial charge in [0.15, 0.2) is 0 Å². The highest BCUT2D eigenvalue weighted by atomic mass is 16.6. The van der Waals surface area contributed by atoms with Crippen LogP contribution in [0.15, 0.2) is 16.7 Å². The molecule has 0 aromatic carbocycles. The number of methoxy groups -OCH3 is 1. The first-order chi connectivity index (χ1) is 6.82. The Hall–Kier alpha value is -0.840. The number of rotatable bonds is 5. The van der Waals surface area contributed by atoms with Crippen LogP contribution in [-0.4, -0.2) is 13.7 Å². The number of nitrogens with two attached hydrogens (primary N) is 1. The summed E-state index contributed by atoms with van der Waals surface area (Å²) in [6.45, 7) is 1.11. The van der Waals surface area contributed by atoms with E-state index in [2.05, 4.69) is 0 Å². The van der Waals surface area contributed by atoms with Crippen molar-refractivity contribution in [3.05, 3.63) is 23.7 Å². The predicted molar refractivity (Wildman–Crippen MR) is 50.5 cm³/mol. The van der Waals surface area contributed by atoms with Crippen LogP contribution in [0, 0.1) is 0 Å². The topological polar surface area (TPSA) is 57.6 Å². The summed E-state index contributed by atoms with van der Waals surface area (Å²) in [7, 11) is 1.68. The van der Waals surface area contributed by atoms with Crippen molar-refractivity contribution in [1.82, 2.24) is 0 Å². The summed E-state index contributed by atoms with van der Waals surface area (Å²) >= 11 is 0. The summed E-state index contributed by atoms with van der Waals surface area (Å²) in [5.41, 5.74) is 1.12. The lowest BCUT2D eigenvalue weighted by atomic mass is 10.0. The second kappa shape index (κ2) is 3.73. The van der Waals surface area contributed by atoms with E-state index in [0.717, 1.165) is 24.2 Å². The zero-order chi connectivity index (χ0) is 10.0. The standard InChI is InChI=1S/C10H15NO3/c1-12-6-8-2-5-13-9(8)10(3-4-10)7-14-11/h2,5H,3-4,6-7,11H2,1H3. The molecule has 0 atom stereocenters. The van der Waals surface area contributed by atoms with Crippen LogP contribution in [-0.2, 0) is 21.6 Å². The second-order valence-electron chi connectivity index (χ2n) is 3.80. The normalized spacial score (nSPS) is 18.4. The smallest absolute Gasteiger partial charge is 0.117 e. The Morgan fingerprint density at radius 2 is 2.36 bits per heavy atom. The fourth-order valence-electron chi connectivity index (χ4n) is 1.82. The molecule has 1 fully saturated rings. The Morgan fingerprint density at radius 3 is 2.93 bits per heavy atom. The van der Waals surface area contributed by atoms with Gasteiger partial charge in [0, 0.05) is 12.7 Å². The van der Waals surface area contributed by atoms with E-state index in [1.54, 1.807) is 13.4 Å². The fourth-order valence-corrected chi connectivity index (χ4v) is 1.82. The molecule has 2 rings (SSSR count). The third-order valence-electron chi connectivity index (χ3n) is 2.74. The average molecular weight is 197 g/mol. The minimum Gasteiger partial charge on any atom is -0.468 e. The zero-order valence-corrected chi connectivity index (χ0v) is 8.29. The van der Waals surface area contributed by atoms with E-state index >= 15 is 0 Å². The number of ether oxygens (including phenoxy) is 1. The minimum atomic E-state index is 0.0200. The van der Waals surface area contributed by atoms with Crippen LogP contribution in [0.4, 0.5) is 0 Å². The molecule has 0 bridgehead atoms. The molecule has 0 radical (unpaired) electrons. The van der Waals surface area contributed by atoms with Gasteiger partial charge in [-0.1, -0.05) is 0 Å². The summed E-state index contributed by atoms with van der Waals surface area (Å²) in [5, 5.41) is 0. The molecular weight excluding hydrogens is 182 g/mol. The van der Waals surface area contributed by atoms with E-state index in [1.807, 2.05) is 6.07 Å². The lowest BCUT2D eigenvalue weighted by Gasteiger charge is -2.12. The Kier molecular flexibility index (Phi) is 2.58. The van der Waals surface area contributed by atoms with Gasteiger partial charge in [0.1, 0.15) is 5.76 Å². The molecular formula is C10H15NO3. The van der Waals surface area contributed by atoms with Crippen LogP contribution >= 0.6 is 0 Å². The van der Waals surface area contributed by atoms with Crippen LogP contribution in [0.1, 0.15) is 24.2 Å². The van der Waals surface area contributed by atoms with Gasteiger partial charge >= 0.3 is 0 Å². The van der Waals surface area contributed by atoms with E-state index in [1.165, 1.54) is 0 Å². The van der Waals surface area contributed by atoms with Gasteiger partial charge in [0.05, 0.1) is 24.9 Å². The SMILES string of the molecule is COCc1ccoc1C1(CON)CC1. The molecule has 0 unspecified atom stereocenters. The molecule has 1 aromatic rings. The second-order valence-corrected chi connectivity index (χ2v) is 3.80. The molecule has 1 saturated carbocycles. The van der Waals surface area contributed by atoms with E-state index in [-0.39, 0.29) is 5.41 Å². The van der Waals surface area contributed by atoms with Crippen molar-refractivity contribution in [2.45, 2.75) is 24.9 Å². The van der Waals surface area contributed by atoms with Crippen molar-refractivity contribution < 1.29 is 14.0 Å². The average Bonchev–Trinajstić information content (AvgIpc) is 2.78. The molecule has 1 heterocycles. The van der Waals surface area contributed by atoms with Gasteiger partial charge in [-0.25, -0.2) is 5.90 Å². The fraction of sp³-hybridized carbons (Fsp3) is 0.600. The third-order valence-corrected chi connectivity index (χ3v) is 2.74. The van der Waals surface area contributed by atoms with Gasteiger partial charge in [-0.15, -0.1) is 0 Å². The maximum Gasteiger partial charge on any atom is 0.117 e. The first-order valence-electron chi connectivity index (χ1n) is 4.70. The first-order valence-corrected chi connectivity index (χ1v) is 4.70. The van der Waals surface area contributed by atoms with Crippen molar-refractivity contribution >= 4 is 0 Å². The molecule has 0 aliphatic heterocycles. The van der Waals surface area contributed by atoms with Gasteiger partial charge in [-0.3, -0.25) is 0 Å². The lowest BCUT2D eigenvalue weighted by Crippen LogP contribution is -2.18. The molecule has 2 N–H and O–H groups in total. The molecule has 14 heavy (non-hydrogen) atoms. The highest BCUT2D eigenvalue weighted by Gasteiger charge is 2.48. The van der Waals surface area contributed by atoms with Gasteiger partial charge in [-0.05, 0) is 18.9 Å². The Balaban J connectivity index is 2.18. The quantitative estimate of drug-likeness (QED) is 0.724. The molecule has 1 aliphatic rings. The monoisotopic (exact) mass is 197 g/mol. The minimum absolute atomic E-state index is 0.0200. The summed E-state index contributed by atoms with van der Waals surface area (Å²) in [6.07, 6.45) is 3.85. The van der Waals surface area contributed by atoms with Gasteiger partial charge < -0.3 is 14.0 Å². The van der Waals surface area contributed by atoms with Crippen LogP contribution in [0.2, 0.25) is 0 Å². The van der Waals surface area contributed by atoms with Crippen molar-refractivity contribution in [3.8, 4) is 0 Å². The van der Waals surface area contributed by atoms with E-state index in [4.69, 9.17) is 19.9 Å². The molecule has 1 aromatic heterocycles. The molecule has 78 valence electrons. The van der Waals surface area contributed by atoms with Gasteiger partial charge in [0.25, 0.3) is 0 Å². The van der Waals surface area contributed by atoms with E-state index in [9.17, 15) is 0 Å². The summed E-state index contributed by atoms with van der Waals surface area (Å²) in [5.74, 6) is 6.09. The Labute approximate surface area is 82.9 Å². The van der Waals surface area contributed by atoms with E-state index < -0.39 is 0 Å². The van der Waals surface area contributed by atoms with Crippen LogP contribution in [0.25, 0.3) is 0 Å². The summed E-state index contributed by atoms with van der Waals surface area (Å²) in [4.78, 5) is 4.73. The highest BCUT2D eigenvalue weighted by molar-refractivity contribution is 5.30. The molecule has 4 nitrogen and oxygen atoms in total. The maximum atomic E-state index is 5.48. The van der Waals surface area contributed by atoms with Crippen molar-refractivity contribution in [2.24, 2.45) is 5.90 Å². The number of furan rings is 1. The zero-order valence-electron chi connectivity index (χ0n) is 8.29. The molecule has 1 aliphatic carbocycles. The largest absolute Gasteiger partial charge is 0.468 e. The van der Waals surface area contributed by atoms with Gasteiger partial charge in [-0.2, -0.15) is 0 Å². The van der Waals surface area contributed by atoms with Crippen LogP contribution in [0.3, 0.4) is 0 Å². The molecule has 0 saturated heterocycles. The molecule has 0 spiro atoms. The molecule has 0 amide bonds. The van der Waals surface area contributed by atoms with Crippen molar-refractivity contribution in [3.63, 3.8) is 0 Å². The Bertz CT molecular complexity index is 304. The van der Waals surface area contributed by atoms with Crippen LogP contribution in [0.5, 0.6) is 0 Å². The maximum absolute atomic E-state index is 5.48. The number of hydrogen-bond acceptors (Lipinski definition) is 4. The summed E-state index contributed by atoms with van der Waals surface area (Å²) < 4.78 is 10.6. The number of hydrogen-bond donors (Lipinski definition) is 1. The predicted octanol–water partition coefficient (Wildman–Crippen LogP) is 1.35. The lowest BCUT2D eigenvalue weighted by molar-refractivity contribution is 0.107. The highest BCUT2D eigenvalue weighted by Crippen LogP contribution is 2.49.